The largest absolute Gasteiger partial charge is 0.382 e. The first-order valence-electron chi connectivity index (χ1n) is 5.97. The average Bonchev–Trinajstić information content (AvgIpc) is 2.13. The maximum atomic E-state index is 5.29. The second-order valence-corrected chi connectivity index (χ2v) is 4.94. The van der Waals surface area contributed by atoms with Crippen LogP contribution >= 0.6 is 0 Å². The van der Waals surface area contributed by atoms with Crippen molar-refractivity contribution < 1.29 is 4.74 Å². The number of methoxy groups -OCH3 is 1. The molecule has 2 nitrogen and oxygen atoms in total. The summed E-state index contributed by atoms with van der Waals surface area (Å²) in [6.45, 7) is 6.50. The van der Waals surface area contributed by atoms with Crippen molar-refractivity contribution in [2.45, 2.75) is 45.8 Å². The van der Waals surface area contributed by atoms with Crippen LogP contribution in [0, 0.1) is 20.8 Å². The standard InChI is InChI=1S/C14H21NO/c1-9-5-10(2)14(11(3)6-9)15-12-7-13(8-12)16-4/h5-6,12-13,15H,7-8H2,1-4H3. The quantitative estimate of drug-likeness (QED) is 0.843. The van der Waals surface area contributed by atoms with Crippen molar-refractivity contribution >= 4 is 5.69 Å². The van der Waals surface area contributed by atoms with Crippen molar-refractivity contribution in [2.24, 2.45) is 0 Å². The molecule has 0 atom stereocenters. The fourth-order valence-electron chi connectivity index (χ4n) is 2.49. The molecule has 88 valence electrons. The summed E-state index contributed by atoms with van der Waals surface area (Å²) in [5.41, 5.74) is 5.34. The number of aryl methyl sites for hydroxylation is 3. The first-order chi connectivity index (χ1) is 7.60. The van der Waals surface area contributed by atoms with Crippen LogP contribution in [0.2, 0.25) is 0 Å². The van der Waals surface area contributed by atoms with Gasteiger partial charge in [0.1, 0.15) is 0 Å². The highest BCUT2D eigenvalue weighted by molar-refractivity contribution is 5.59. The molecule has 0 unspecified atom stereocenters. The molecule has 1 fully saturated rings. The van der Waals surface area contributed by atoms with Crippen LogP contribution in [0.3, 0.4) is 0 Å². The van der Waals surface area contributed by atoms with Gasteiger partial charge in [-0.2, -0.15) is 0 Å². The van der Waals surface area contributed by atoms with E-state index >= 15 is 0 Å². The number of hydrogen-bond acceptors (Lipinski definition) is 2. The second-order valence-electron chi connectivity index (χ2n) is 4.94. The summed E-state index contributed by atoms with van der Waals surface area (Å²) in [6.07, 6.45) is 2.72. The molecule has 1 aliphatic carbocycles. The molecule has 0 radical (unpaired) electrons. The highest BCUT2D eigenvalue weighted by Crippen LogP contribution is 2.29. The van der Waals surface area contributed by atoms with Crippen LogP contribution in [-0.2, 0) is 4.74 Å². The van der Waals surface area contributed by atoms with Gasteiger partial charge in [-0.15, -0.1) is 0 Å². The third kappa shape index (κ3) is 2.22. The maximum Gasteiger partial charge on any atom is 0.0610 e. The lowest BCUT2D eigenvalue weighted by molar-refractivity contribution is 0.0328. The summed E-state index contributed by atoms with van der Waals surface area (Å²) in [4.78, 5) is 0. The van der Waals surface area contributed by atoms with Crippen LogP contribution in [0.25, 0.3) is 0 Å². The van der Waals surface area contributed by atoms with Gasteiger partial charge in [-0.1, -0.05) is 17.7 Å². The fraction of sp³-hybridized carbons (Fsp3) is 0.571. The molecule has 0 aromatic heterocycles. The zero-order valence-electron chi connectivity index (χ0n) is 10.6. The molecular weight excluding hydrogens is 198 g/mol. The molecule has 0 amide bonds. The highest BCUT2D eigenvalue weighted by atomic mass is 16.5. The van der Waals surface area contributed by atoms with Crippen molar-refractivity contribution in [3.05, 3.63) is 28.8 Å². The topological polar surface area (TPSA) is 21.3 Å². The molecule has 0 heterocycles. The molecule has 1 aromatic rings. The Balaban J connectivity index is 2.05. The Morgan fingerprint density at radius 1 is 1.12 bits per heavy atom. The number of benzene rings is 1. The molecule has 1 N–H and O–H groups in total. The normalized spacial score (nSPS) is 24.0. The zero-order chi connectivity index (χ0) is 11.7. The summed E-state index contributed by atoms with van der Waals surface area (Å²) in [5.74, 6) is 0. The molecular formula is C14H21NO. The Bertz CT molecular complexity index is 357. The van der Waals surface area contributed by atoms with Crippen molar-refractivity contribution in [2.75, 3.05) is 12.4 Å². The third-order valence-electron chi connectivity index (χ3n) is 3.45. The molecule has 1 aliphatic rings. The van der Waals surface area contributed by atoms with E-state index in [2.05, 4.69) is 38.2 Å². The Morgan fingerprint density at radius 3 is 2.19 bits per heavy atom. The van der Waals surface area contributed by atoms with Crippen molar-refractivity contribution in [3.63, 3.8) is 0 Å². The summed E-state index contributed by atoms with van der Waals surface area (Å²) < 4.78 is 5.29. The van der Waals surface area contributed by atoms with Crippen molar-refractivity contribution in [3.8, 4) is 0 Å². The van der Waals surface area contributed by atoms with Crippen molar-refractivity contribution in [1.82, 2.24) is 0 Å². The summed E-state index contributed by atoms with van der Waals surface area (Å²) in [5, 5.41) is 3.63. The number of anilines is 1. The molecule has 0 bridgehead atoms. The van der Waals surface area contributed by atoms with E-state index in [0.717, 1.165) is 12.8 Å². The predicted molar refractivity (Wildman–Crippen MR) is 68.1 cm³/mol. The summed E-state index contributed by atoms with van der Waals surface area (Å²) in [7, 11) is 1.79. The van der Waals surface area contributed by atoms with E-state index in [1.807, 2.05) is 0 Å². The van der Waals surface area contributed by atoms with Crippen molar-refractivity contribution in [1.29, 1.82) is 0 Å². The van der Waals surface area contributed by atoms with Gasteiger partial charge in [0.15, 0.2) is 0 Å². The first kappa shape index (κ1) is 11.5. The second kappa shape index (κ2) is 4.46. The highest BCUT2D eigenvalue weighted by Gasteiger charge is 2.29. The molecule has 0 spiro atoms. The molecule has 2 rings (SSSR count). The van der Waals surface area contributed by atoms with Crippen LogP contribution in [0.5, 0.6) is 0 Å². The van der Waals surface area contributed by atoms with Gasteiger partial charge in [0, 0.05) is 18.8 Å². The van der Waals surface area contributed by atoms with Gasteiger partial charge in [0.2, 0.25) is 0 Å². The smallest absolute Gasteiger partial charge is 0.0610 e. The number of hydrogen-bond donors (Lipinski definition) is 1. The van der Waals surface area contributed by atoms with Crippen LogP contribution in [0.4, 0.5) is 5.69 Å². The molecule has 1 aromatic carbocycles. The monoisotopic (exact) mass is 219 g/mol. The van der Waals surface area contributed by atoms with E-state index < -0.39 is 0 Å². The van der Waals surface area contributed by atoms with E-state index in [4.69, 9.17) is 4.74 Å². The van der Waals surface area contributed by atoms with Crippen LogP contribution in [0.15, 0.2) is 12.1 Å². The van der Waals surface area contributed by atoms with Gasteiger partial charge >= 0.3 is 0 Å². The van der Waals surface area contributed by atoms with E-state index in [1.165, 1.54) is 22.4 Å². The Labute approximate surface area is 98.0 Å². The van der Waals surface area contributed by atoms with Gasteiger partial charge in [-0.25, -0.2) is 0 Å². The van der Waals surface area contributed by atoms with Crippen LogP contribution in [-0.4, -0.2) is 19.3 Å². The SMILES string of the molecule is COC1CC(Nc2c(C)cc(C)cc2C)C1. The van der Waals surface area contributed by atoms with E-state index in [9.17, 15) is 0 Å². The number of rotatable bonds is 3. The first-order valence-corrected chi connectivity index (χ1v) is 5.97. The Hall–Kier alpha value is -1.02. The number of ether oxygens (including phenoxy) is 1. The summed E-state index contributed by atoms with van der Waals surface area (Å²) >= 11 is 0. The Kier molecular flexibility index (Phi) is 3.20. The van der Waals surface area contributed by atoms with Gasteiger partial charge in [-0.3, -0.25) is 0 Å². The minimum absolute atomic E-state index is 0.462. The average molecular weight is 219 g/mol. The van der Waals surface area contributed by atoms with Gasteiger partial charge in [0.25, 0.3) is 0 Å². The summed E-state index contributed by atoms with van der Waals surface area (Å²) in [6, 6.07) is 5.06. The maximum absolute atomic E-state index is 5.29. The lowest BCUT2D eigenvalue weighted by Crippen LogP contribution is -2.40. The van der Waals surface area contributed by atoms with Gasteiger partial charge in [0.05, 0.1) is 6.10 Å². The minimum Gasteiger partial charge on any atom is -0.382 e. The third-order valence-corrected chi connectivity index (χ3v) is 3.45. The van der Waals surface area contributed by atoms with E-state index in [0.29, 0.717) is 12.1 Å². The lowest BCUT2D eigenvalue weighted by Gasteiger charge is -2.36. The molecule has 1 saturated carbocycles. The van der Waals surface area contributed by atoms with Crippen LogP contribution < -0.4 is 5.32 Å². The van der Waals surface area contributed by atoms with Crippen LogP contribution in [0.1, 0.15) is 29.5 Å². The van der Waals surface area contributed by atoms with E-state index in [1.54, 1.807) is 7.11 Å². The molecule has 0 saturated heterocycles. The Morgan fingerprint density at radius 2 is 1.69 bits per heavy atom. The fourth-order valence-corrected chi connectivity index (χ4v) is 2.49. The molecule has 2 heteroatoms. The van der Waals surface area contributed by atoms with Gasteiger partial charge in [-0.05, 0) is 44.7 Å². The molecule has 16 heavy (non-hydrogen) atoms. The predicted octanol–water partition coefficient (Wildman–Crippen LogP) is 3.20. The zero-order valence-corrected chi connectivity index (χ0v) is 10.6. The lowest BCUT2D eigenvalue weighted by atomic mass is 9.88. The number of nitrogens with one attached hydrogen (secondary N) is 1. The minimum atomic E-state index is 0.462. The molecule has 0 aliphatic heterocycles. The van der Waals surface area contributed by atoms with Gasteiger partial charge < -0.3 is 10.1 Å². The van der Waals surface area contributed by atoms with E-state index in [-0.39, 0.29) is 0 Å².